The Kier molecular flexibility index (Phi) is 5.81. The van der Waals surface area contributed by atoms with Crippen molar-refractivity contribution in [3.05, 3.63) is 16.8 Å². The van der Waals surface area contributed by atoms with Gasteiger partial charge in [-0.2, -0.15) is 0 Å². The number of nitrogens with zero attached hydrogens (tertiary/aromatic N) is 3. The standard InChI is InChI=1S/C16H25ClN4O2/c1-11-8-13(17)19-20-15(11)18-12-6-5-7-21(9-12)10-14(22)23-16(2,3)4/h8,12H,5-7,9-10H2,1-4H3,(H,18,20)/t12-/m1/s1. The van der Waals surface area contributed by atoms with Crippen molar-refractivity contribution in [2.75, 3.05) is 25.0 Å². The van der Waals surface area contributed by atoms with Crippen LogP contribution in [0.25, 0.3) is 0 Å². The highest BCUT2D eigenvalue weighted by Gasteiger charge is 2.24. The molecule has 0 unspecified atom stereocenters. The highest BCUT2D eigenvalue weighted by atomic mass is 35.5. The quantitative estimate of drug-likeness (QED) is 0.850. The lowest BCUT2D eigenvalue weighted by Crippen LogP contribution is -2.45. The maximum atomic E-state index is 12.0. The minimum absolute atomic E-state index is 0.180. The summed E-state index contributed by atoms with van der Waals surface area (Å²) in [4.78, 5) is 14.1. The van der Waals surface area contributed by atoms with Gasteiger partial charge in [0.05, 0.1) is 6.54 Å². The van der Waals surface area contributed by atoms with Crippen LogP contribution < -0.4 is 5.32 Å². The summed E-state index contributed by atoms with van der Waals surface area (Å²) in [5.41, 5.74) is 0.523. The number of likely N-dealkylation sites (tertiary alicyclic amines) is 1. The third-order valence-corrected chi connectivity index (χ3v) is 3.76. The van der Waals surface area contributed by atoms with Gasteiger partial charge in [-0.15, -0.1) is 10.2 Å². The molecule has 1 aromatic heterocycles. The number of nitrogens with one attached hydrogen (secondary N) is 1. The van der Waals surface area contributed by atoms with Crippen molar-refractivity contribution < 1.29 is 9.53 Å². The van der Waals surface area contributed by atoms with Crippen LogP contribution in [0.3, 0.4) is 0 Å². The van der Waals surface area contributed by atoms with Gasteiger partial charge in [-0.3, -0.25) is 9.69 Å². The number of aromatic nitrogens is 2. The number of esters is 1. The SMILES string of the molecule is Cc1cc(Cl)nnc1N[C@@H]1CCCN(CC(=O)OC(C)(C)C)C1. The van der Waals surface area contributed by atoms with Crippen molar-refractivity contribution >= 4 is 23.4 Å². The van der Waals surface area contributed by atoms with Gasteiger partial charge in [0.1, 0.15) is 5.60 Å². The Balaban J connectivity index is 1.89. The molecule has 6 nitrogen and oxygen atoms in total. The van der Waals surface area contributed by atoms with Gasteiger partial charge in [-0.05, 0) is 58.7 Å². The summed E-state index contributed by atoms with van der Waals surface area (Å²) >= 11 is 5.83. The minimum Gasteiger partial charge on any atom is -0.459 e. The number of anilines is 1. The van der Waals surface area contributed by atoms with Gasteiger partial charge in [0, 0.05) is 12.6 Å². The molecule has 0 saturated carbocycles. The Morgan fingerprint density at radius 1 is 1.48 bits per heavy atom. The summed E-state index contributed by atoms with van der Waals surface area (Å²) < 4.78 is 5.39. The maximum Gasteiger partial charge on any atom is 0.320 e. The first-order valence-corrected chi connectivity index (χ1v) is 8.31. The first-order valence-electron chi connectivity index (χ1n) is 7.93. The van der Waals surface area contributed by atoms with E-state index in [0.717, 1.165) is 37.3 Å². The van der Waals surface area contributed by atoms with Crippen LogP contribution in [0.4, 0.5) is 5.82 Å². The fourth-order valence-corrected chi connectivity index (χ4v) is 2.86. The average molecular weight is 341 g/mol. The van der Waals surface area contributed by atoms with E-state index in [4.69, 9.17) is 16.3 Å². The molecule has 1 atom stereocenters. The van der Waals surface area contributed by atoms with E-state index < -0.39 is 5.60 Å². The minimum atomic E-state index is -0.444. The lowest BCUT2D eigenvalue weighted by atomic mass is 10.1. The number of ether oxygens (including phenoxy) is 1. The van der Waals surface area contributed by atoms with Crippen LogP contribution in [0.5, 0.6) is 0 Å². The molecule has 0 bridgehead atoms. The number of aryl methyl sites for hydroxylation is 1. The molecular weight excluding hydrogens is 316 g/mol. The monoisotopic (exact) mass is 340 g/mol. The molecule has 0 aromatic carbocycles. The second-order valence-electron chi connectivity index (χ2n) is 7.00. The topological polar surface area (TPSA) is 67.4 Å². The van der Waals surface area contributed by atoms with E-state index in [1.807, 2.05) is 27.7 Å². The molecule has 2 rings (SSSR count). The predicted octanol–water partition coefficient (Wildman–Crippen LogP) is 2.66. The summed E-state index contributed by atoms with van der Waals surface area (Å²) in [5, 5.41) is 11.8. The highest BCUT2D eigenvalue weighted by Crippen LogP contribution is 2.19. The van der Waals surface area contributed by atoms with E-state index in [1.54, 1.807) is 6.07 Å². The third-order valence-electron chi connectivity index (χ3n) is 3.57. The largest absolute Gasteiger partial charge is 0.459 e. The van der Waals surface area contributed by atoms with Crippen LogP contribution in [0.2, 0.25) is 5.15 Å². The van der Waals surface area contributed by atoms with Crippen molar-refractivity contribution in [3.63, 3.8) is 0 Å². The van der Waals surface area contributed by atoms with Crippen LogP contribution >= 0.6 is 11.6 Å². The molecule has 0 radical (unpaired) electrons. The zero-order valence-electron chi connectivity index (χ0n) is 14.2. The van der Waals surface area contributed by atoms with Crippen LogP contribution in [-0.2, 0) is 9.53 Å². The fourth-order valence-electron chi connectivity index (χ4n) is 2.66. The van der Waals surface area contributed by atoms with Crippen LogP contribution in [0.1, 0.15) is 39.2 Å². The molecule has 2 heterocycles. The normalized spacial score (nSPS) is 19.4. The zero-order valence-corrected chi connectivity index (χ0v) is 15.0. The van der Waals surface area contributed by atoms with Crippen molar-refractivity contribution in [3.8, 4) is 0 Å². The van der Waals surface area contributed by atoms with Crippen LogP contribution in [-0.4, -0.2) is 52.3 Å². The van der Waals surface area contributed by atoms with E-state index in [9.17, 15) is 4.79 Å². The van der Waals surface area contributed by atoms with Crippen molar-refractivity contribution in [2.45, 2.75) is 52.2 Å². The van der Waals surface area contributed by atoms with Gasteiger partial charge in [0.2, 0.25) is 0 Å². The van der Waals surface area contributed by atoms with Crippen LogP contribution in [0.15, 0.2) is 6.07 Å². The number of hydrogen-bond acceptors (Lipinski definition) is 6. The summed E-state index contributed by atoms with van der Waals surface area (Å²) in [6.07, 6.45) is 2.06. The number of hydrogen-bond donors (Lipinski definition) is 1. The van der Waals surface area contributed by atoms with Gasteiger partial charge >= 0.3 is 5.97 Å². The third kappa shape index (κ3) is 5.95. The lowest BCUT2D eigenvalue weighted by Gasteiger charge is -2.33. The summed E-state index contributed by atoms with van der Waals surface area (Å²) in [6, 6.07) is 2.03. The summed E-state index contributed by atoms with van der Waals surface area (Å²) in [5.74, 6) is 0.569. The molecule has 0 aliphatic carbocycles. The van der Waals surface area contributed by atoms with Gasteiger partial charge in [-0.1, -0.05) is 11.6 Å². The Hall–Kier alpha value is -1.40. The van der Waals surface area contributed by atoms with E-state index in [-0.39, 0.29) is 12.0 Å². The molecule has 7 heteroatoms. The molecule has 1 aliphatic rings. The second-order valence-corrected chi connectivity index (χ2v) is 7.39. The zero-order chi connectivity index (χ0) is 17.0. The number of carbonyl (C=O) groups excluding carboxylic acids is 1. The Morgan fingerprint density at radius 3 is 2.87 bits per heavy atom. The molecule has 0 spiro atoms. The lowest BCUT2D eigenvalue weighted by molar-refractivity contribution is -0.156. The van der Waals surface area contributed by atoms with E-state index >= 15 is 0 Å². The molecule has 1 N–H and O–H groups in total. The van der Waals surface area contributed by atoms with Gasteiger partial charge < -0.3 is 10.1 Å². The van der Waals surface area contributed by atoms with Crippen molar-refractivity contribution in [1.82, 2.24) is 15.1 Å². The molecule has 1 saturated heterocycles. The van der Waals surface area contributed by atoms with Gasteiger partial charge in [-0.25, -0.2) is 0 Å². The Morgan fingerprint density at radius 2 is 2.22 bits per heavy atom. The summed E-state index contributed by atoms with van der Waals surface area (Å²) in [7, 11) is 0. The fraction of sp³-hybridized carbons (Fsp3) is 0.688. The molecule has 1 fully saturated rings. The van der Waals surface area contributed by atoms with E-state index in [1.165, 1.54) is 0 Å². The molecule has 128 valence electrons. The molecular formula is C16H25ClN4O2. The van der Waals surface area contributed by atoms with Crippen LogP contribution in [0, 0.1) is 6.92 Å². The van der Waals surface area contributed by atoms with Crippen molar-refractivity contribution in [2.24, 2.45) is 0 Å². The molecule has 1 aliphatic heterocycles. The molecule has 23 heavy (non-hydrogen) atoms. The average Bonchev–Trinajstić information content (AvgIpc) is 2.40. The maximum absolute atomic E-state index is 12.0. The Bertz CT molecular complexity index is 560. The smallest absolute Gasteiger partial charge is 0.320 e. The van der Waals surface area contributed by atoms with Gasteiger partial charge in [0.25, 0.3) is 0 Å². The number of piperidine rings is 1. The van der Waals surface area contributed by atoms with Crippen molar-refractivity contribution in [1.29, 1.82) is 0 Å². The second kappa shape index (κ2) is 7.45. The predicted molar refractivity (Wildman–Crippen MR) is 90.7 cm³/mol. The Labute approximate surface area is 142 Å². The molecule has 0 amide bonds. The first kappa shape index (κ1) is 17.9. The first-order chi connectivity index (χ1) is 10.7. The van der Waals surface area contributed by atoms with Gasteiger partial charge in [0.15, 0.2) is 11.0 Å². The summed E-state index contributed by atoms with van der Waals surface area (Å²) in [6.45, 7) is 9.60. The number of carbonyl (C=O) groups is 1. The van der Waals surface area contributed by atoms with E-state index in [2.05, 4.69) is 20.4 Å². The van der Waals surface area contributed by atoms with E-state index in [0.29, 0.717) is 11.7 Å². The number of halogens is 1. The molecule has 1 aromatic rings. The number of rotatable bonds is 4. The highest BCUT2D eigenvalue weighted by molar-refractivity contribution is 6.29.